The number of aliphatic hydroxyl groups is 1. The standard InChI is InChI=1S/C16H26N2O2/c1-13-9-18(11-15(2,3)20-13)12-16(19,10-17)14-7-5-4-6-8-14/h4-8,13,19H,9-12,17H2,1-3H3. The van der Waals surface area contributed by atoms with Crippen molar-refractivity contribution in [2.75, 3.05) is 26.2 Å². The van der Waals surface area contributed by atoms with E-state index in [1.807, 2.05) is 30.3 Å². The minimum absolute atomic E-state index is 0.163. The van der Waals surface area contributed by atoms with Gasteiger partial charge in [0.25, 0.3) is 0 Å². The molecule has 4 heteroatoms. The summed E-state index contributed by atoms with van der Waals surface area (Å²) in [6.07, 6.45) is 0.163. The first-order chi connectivity index (χ1) is 9.35. The van der Waals surface area contributed by atoms with Crippen LogP contribution >= 0.6 is 0 Å². The average molecular weight is 278 g/mol. The van der Waals surface area contributed by atoms with Crippen LogP contribution < -0.4 is 5.73 Å². The molecule has 0 radical (unpaired) electrons. The fraction of sp³-hybridized carbons (Fsp3) is 0.625. The third-order valence-electron chi connectivity index (χ3n) is 3.77. The predicted molar refractivity (Wildman–Crippen MR) is 80.5 cm³/mol. The Labute approximate surface area is 121 Å². The lowest BCUT2D eigenvalue weighted by Gasteiger charge is -2.44. The fourth-order valence-electron chi connectivity index (χ4n) is 3.10. The number of benzene rings is 1. The van der Waals surface area contributed by atoms with Crippen LogP contribution in [-0.2, 0) is 10.3 Å². The molecule has 1 aliphatic rings. The van der Waals surface area contributed by atoms with Gasteiger partial charge in [-0.05, 0) is 26.3 Å². The highest BCUT2D eigenvalue weighted by Gasteiger charge is 2.36. The Morgan fingerprint density at radius 3 is 2.60 bits per heavy atom. The Morgan fingerprint density at radius 1 is 1.40 bits per heavy atom. The molecular formula is C16H26N2O2. The summed E-state index contributed by atoms with van der Waals surface area (Å²) >= 11 is 0. The summed E-state index contributed by atoms with van der Waals surface area (Å²) < 4.78 is 5.90. The second kappa shape index (κ2) is 5.82. The fourth-order valence-corrected chi connectivity index (χ4v) is 3.10. The maximum Gasteiger partial charge on any atom is 0.114 e. The Hall–Kier alpha value is -0.940. The van der Waals surface area contributed by atoms with Gasteiger partial charge in [-0.1, -0.05) is 30.3 Å². The number of hydrogen-bond donors (Lipinski definition) is 2. The van der Waals surface area contributed by atoms with Crippen molar-refractivity contribution in [2.45, 2.75) is 38.1 Å². The van der Waals surface area contributed by atoms with E-state index in [2.05, 4.69) is 25.7 Å². The SMILES string of the molecule is CC1CN(CC(O)(CN)c2ccccc2)CC(C)(C)O1. The summed E-state index contributed by atoms with van der Waals surface area (Å²) in [5, 5.41) is 10.9. The van der Waals surface area contributed by atoms with E-state index in [1.165, 1.54) is 0 Å². The molecule has 3 N–H and O–H groups in total. The average Bonchev–Trinajstić information content (AvgIpc) is 2.37. The van der Waals surface area contributed by atoms with Crippen molar-refractivity contribution in [1.82, 2.24) is 4.90 Å². The molecule has 0 aromatic heterocycles. The largest absolute Gasteiger partial charge is 0.382 e. The molecular weight excluding hydrogens is 252 g/mol. The molecule has 0 spiro atoms. The van der Waals surface area contributed by atoms with Crippen LogP contribution in [0.5, 0.6) is 0 Å². The van der Waals surface area contributed by atoms with E-state index in [0.717, 1.165) is 18.7 Å². The molecule has 2 atom stereocenters. The molecule has 0 aliphatic carbocycles. The van der Waals surface area contributed by atoms with E-state index < -0.39 is 5.60 Å². The zero-order valence-corrected chi connectivity index (χ0v) is 12.7. The van der Waals surface area contributed by atoms with Gasteiger partial charge in [-0.2, -0.15) is 0 Å². The summed E-state index contributed by atoms with van der Waals surface area (Å²) in [6, 6.07) is 9.67. The van der Waals surface area contributed by atoms with E-state index >= 15 is 0 Å². The Morgan fingerprint density at radius 2 is 2.05 bits per heavy atom. The van der Waals surface area contributed by atoms with Gasteiger partial charge in [-0.25, -0.2) is 0 Å². The third kappa shape index (κ3) is 3.58. The minimum atomic E-state index is -1.01. The number of nitrogens with zero attached hydrogens (tertiary/aromatic N) is 1. The van der Waals surface area contributed by atoms with Gasteiger partial charge in [0.05, 0.1) is 11.7 Å². The van der Waals surface area contributed by atoms with Crippen molar-refractivity contribution in [2.24, 2.45) is 5.73 Å². The highest BCUT2D eigenvalue weighted by molar-refractivity contribution is 5.23. The smallest absolute Gasteiger partial charge is 0.114 e. The normalized spacial score (nSPS) is 26.1. The zero-order chi connectivity index (χ0) is 14.8. The molecule has 0 saturated carbocycles. The monoisotopic (exact) mass is 278 g/mol. The Balaban J connectivity index is 2.14. The summed E-state index contributed by atoms with van der Waals surface area (Å²) in [7, 11) is 0. The zero-order valence-electron chi connectivity index (χ0n) is 12.7. The summed E-state index contributed by atoms with van der Waals surface area (Å²) in [5.41, 5.74) is 5.53. The van der Waals surface area contributed by atoms with E-state index in [-0.39, 0.29) is 18.2 Å². The number of nitrogens with two attached hydrogens (primary N) is 1. The lowest BCUT2D eigenvalue weighted by molar-refractivity contribution is -0.141. The highest BCUT2D eigenvalue weighted by Crippen LogP contribution is 2.26. The Kier molecular flexibility index (Phi) is 4.49. The van der Waals surface area contributed by atoms with Crippen LogP contribution in [0.2, 0.25) is 0 Å². The minimum Gasteiger partial charge on any atom is -0.382 e. The number of morpholine rings is 1. The van der Waals surface area contributed by atoms with Crippen molar-refractivity contribution >= 4 is 0 Å². The van der Waals surface area contributed by atoms with Gasteiger partial charge in [0, 0.05) is 26.2 Å². The molecule has 4 nitrogen and oxygen atoms in total. The first kappa shape index (κ1) is 15.4. The molecule has 1 heterocycles. The van der Waals surface area contributed by atoms with Crippen LogP contribution in [0.25, 0.3) is 0 Å². The molecule has 20 heavy (non-hydrogen) atoms. The molecule has 0 amide bonds. The van der Waals surface area contributed by atoms with E-state index in [4.69, 9.17) is 10.5 Å². The second-order valence-electron chi connectivity index (χ2n) is 6.46. The lowest BCUT2D eigenvalue weighted by atomic mass is 9.92. The van der Waals surface area contributed by atoms with Gasteiger partial charge in [-0.3, -0.25) is 4.90 Å². The van der Waals surface area contributed by atoms with Crippen LogP contribution in [0.15, 0.2) is 30.3 Å². The first-order valence-electron chi connectivity index (χ1n) is 7.23. The molecule has 1 fully saturated rings. The number of rotatable bonds is 4. The second-order valence-corrected chi connectivity index (χ2v) is 6.46. The van der Waals surface area contributed by atoms with Gasteiger partial charge >= 0.3 is 0 Å². The summed E-state index contributed by atoms with van der Waals surface area (Å²) in [4.78, 5) is 2.24. The van der Waals surface area contributed by atoms with E-state index in [0.29, 0.717) is 6.54 Å². The Bertz CT molecular complexity index is 435. The van der Waals surface area contributed by atoms with Gasteiger partial charge in [-0.15, -0.1) is 0 Å². The molecule has 0 bridgehead atoms. The number of β-amino-alcohol motifs (C(OH)–C–C–N with tert-alkyl or cyclic N) is 1. The molecule has 2 unspecified atom stereocenters. The number of hydrogen-bond acceptors (Lipinski definition) is 4. The number of ether oxygens (including phenoxy) is 1. The van der Waals surface area contributed by atoms with Crippen LogP contribution in [0.4, 0.5) is 0 Å². The van der Waals surface area contributed by atoms with Crippen molar-refractivity contribution in [3.05, 3.63) is 35.9 Å². The van der Waals surface area contributed by atoms with E-state index in [1.54, 1.807) is 0 Å². The third-order valence-corrected chi connectivity index (χ3v) is 3.77. The van der Waals surface area contributed by atoms with Gasteiger partial charge in [0.15, 0.2) is 0 Å². The van der Waals surface area contributed by atoms with Crippen molar-refractivity contribution < 1.29 is 9.84 Å². The van der Waals surface area contributed by atoms with E-state index in [9.17, 15) is 5.11 Å². The van der Waals surface area contributed by atoms with Gasteiger partial charge < -0.3 is 15.6 Å². The predicted octanol–water partition coefficient (Wildman–Crippen LogP) is 1.33. The van der Waals surface area contributed by atoms with Crippen LogP contribution in [0, 0.1) is 0 Å². The van der Waals surface area contributed by atoms with Crippen LogP contribution in [0.3, 0.4) is 0 Å². The van der Waals surface area contributed by atoms with Crippen molar-refractivity contribution in [1.29, 1.82) is 0 Å². The molecule has 112 valence electrons. The highest BCUT2D eigenvalue weighted by atomic mass is 16.5. The molecule has 1 aliphatic heterocycles. The van der Waals surface area contributed by atoms with Gasteiger partial charge in [0.2, 0.25) is 0 Å². The van der Waals surface area contributed by atoms with Crippen LogP contribution in [0.1, 0.15) is 26.3 Å². The molecule has 2 rings (SSSR count). The van der Waals surface area contributed by atoms with Crippen molar-refractivity contribution in [3.63, 3.8) is 0 Å². The summed E-state index contributed by atoms with van der Waals surface area (Å²) in [6.45, 7) is 8.59. The molecule has 1 saturated heterocycles. The maximum absolute atomic E-state index is 10.9. The molecule has 1 aromatic rings. The molecule has 1 aromatic carbocycles. The lowest BCUT2D eigenvalue weighted by Crippen LogP contribution is -2.56. The summed E-state index contributed by atoms with van der Waals surface area (Å²) in [5.74, 6) is 0. The van der Waals surface area contributed by atoms with Crippen LogP contribution in [-0.4, -0.2) is 47.9 Å². The topological polar surface area (TPSA) is 58.7 Å². The van der Waals surface area contributed by atoms with Gasteiger partial charge in [0.1, 0.15) is 5.60 Å². The maximum atomic E-state index is 10.9. The van der Waals surface area contributed by atoms with Crippen molar-refractivity contribution in [3.8, 4) is 0 Å². The first-order valence-corrected chi connectivity index (χ1v) is 7.23. The quantitative estimate of drug-likeness (QED) is 0.872.